The molecule has 0 aliphatic heterocycles. The third kappa shape index (κ3) is 4.89. The molecule has 8 aliphatic rings. The third-order valence-corrected chi connectivity index (χ3v) is 20.7. The van der Waals surface area contributed by atoms with Gasteiger partial charge in [-0.3, -0.25) is 0 Å². The summed E-state index contributed by atoms with van der Waals surface area (Å²) in [5, 5.41) is 14.8. The zero-order valence-electron chi connectivity index (χ0n) is 35.0. The molecule has 1 heterocycles. The van der Waals surface area contributed by atoms with Crippen molar-refractivity contribution in [3.63, 3.8) is 0 Å². The Kier molecular flexibility index (Phi) is 7.39. The molecule has 8 saturated carbocycles. The van der Waals surface area contributed by atoms with E-state index in [9.17, 15) is 0 Å². The second-order valence-corrected chi connectivity index (χ2v) is 23.3. The summed E-state index contributed by atoms with van der Waals surface area (Å²) < 4.78 is 3.10. The van der Waals surface area contributed by atoms with Crippen LogP contribution in [0.15, 0.2) is 133 Å². The summed E-state index contributed by atoms with van der Waals surface area (Å²) in [5.41, 5.74) is 9.15. The summed E-state index contributed by atoms with van der Waals surface area (Å²) in [6.45, 7) is 0. The summed E-state index contributed by atoms with van der Waals surface area (Å²) in [7, 11) is 0. The van der Waals surface area contributed by atoms with Crippen LogP contribution in [0.1, 0.15) is 87.2 Å². The molecule has 61 heavy (non-hydrogen) atoms. The molecule has 0 unspecified atom stereocenters. The van der Waals surface area contributed by atoms with Gasteiger partial charge in [-0.25, -0.2) is 0 Å². The van der Waals surface area contributed by atoms with Crippen LogP contribution >= 0.6 is 0 Å². The van der Waals surface area contributed by atoms with Crippen molar-refractivity contribution in [2.75, 3.05) is 0 Å². The van der Waals surface area contributed by atoms with Gasteiger partial charge < -0.3 is 0 Å². The molecular weight excluding hydrogens is 800 g/mol. The fourth-order valence-electron chi connectivity index (χ4n) is 16.7. The topological polar surface area (TPSA) is 0 Å². The van der Waals surface area contributed by atoms with Crippen molar-refractivity contribution in [1.82, 2.24) is 0 Å². The summed E-state index contributed by atoms with van der Waals surface area (Å²) in [5.74, 6) is 8.67. The first-order valence-electron chi connectivity index (χ1n) is 24.0. The maximum absolute atomic E-state index is 2.50. The van der Waals surface area contributed by atoms with Gasteiger partial charge in [0.2, 0.25) is 0 Å². The van der Waals surface area contributed by atoms with Crippen molar-refractivity contribution in [3.8, 4) is 22.3 Å². The molecule has 0 nitrogen and oxygen atoms in total. The van der Waals surface area contributed by atoms with E-state index in [0.717, 1.165) is 47.3 Å². The maximum atomic E-state index is 2.50. The van der Waals surface area contributed by atoms with E-state index in [0.29, 0.717) is 11.8 Å². The van der Waals surface area contributed by atoms with Crippen LogP contribution in [0.5, 0.6) is 0 Å². The van der Waals surface area contributed by atoms with Crippen molar-refractivity contribution in [2.45, 2.75) is 76.0 Å². The monoisotopic (exact) mass is 852 g/mol. The van der Waals surface area contributed by atoms with E-state index in [1.807, 2.05) is 0 Å². The number of hydrogen-bond acceptors (Lipinski definition) is 0. The summed E-state index contributed by atoms with van der Waals surface area (Å²) in [6, 6.07) is 53.0. The second-order valence-electron chi connectivity index (χ2n) is 21.1. The van der Waals surface area contributed by atoms with E-state index in [1.54, 1.807) is 15.4 Å². The Labute approximate surface area is 365 Å². The standard InChI is InChI=1S/C60H52Se/c1-5-15-45-41(11-1)55(42-12-2-6-16-46(42)58(45)53-37-25-33-23-34(27-37)28-38(53)26-33)49-19-10-22-52-57(49)51-21-9-20-50(60(51)61-52)56-43-13-3-7-17-47(43)59(48-18-8-4-14-44(48)56)54-39-29-35-24-36(31-39)32-40(54)30-35/h1-22,33-40,53-54H,23-32H2. The van der Waals surface area contributed by atoms with E-state index in [4.69, 9.17) is 0 Å². The van der Waals surface area contributed by atoms with Gasteiger partial charge in [0.05, 0.1) is 0 Å². The fourth-order valence-corrected chi connectivity index (χ4v) is 19.3. The van der Waals surface area contributed by atoms with E-state index in [-0.39, 0.29) is 14.5 Å². The molecule has 0 N–H and O–H groups in total. The Morgan fingerprint density at radius 3 is 1.08 bits per heavy atom. The molecule has 0 saturated heterocycles. The van der Waals surface area contributed by atoms with Crippen molar-refractivity contribution < 1.29 is 0 Å². The molecule has 1 heteroatoms. The van der Waals surface area contributed by atoms with Gasteiger partial charge >= 0.3 is 367 Å². The Bertz CT molecular complexity index is 3140. The number of benzene rings is 8. The summed E-state index contributed by atoms with van der Waals surface area (Å²) in [4.78, 5) is 0. The molecule has 0 atom stereocenters. The van der Waals surface area contributed by atoms with Gasteiger partial charge in [0.25, 0.3) is 0 Å². The van der Waals surface area contributed by atoms with Crippen LogP contribution in [0, 0.1) is 47.3 Å². The Morgan fingerprint density at radius 2 is 0.656 bits per heavy atom. The fraction of sp³-hybridized carbons (Fsp3) is 0.333. The molecule has 8 fully saturated rings. The average Bonchev–Trinajstić information content (AvgIpc) is 3.68. The zero-order chi connectivity index (χ0) is 39.5. The average molecular weight is 852 g/mol. The van der Waals surface area contributed by atoms with Gasteiger partial charge in [0, 0.05) is 0 Å². The van der Waals surface area contributed by atoms with Crippen LogP contribution in [-0.2, 0) is 0 Å². The number of rotatable bonds is 4. The number of hydrogen-bond donors (Lipinski definition) is 0. The summed E-state index contributed by atoms with van der Waals surface area (Å²) >= 11 is 0.186. The second kappa shape index (κ2) is 12.9. The molecule has 8 aromatic carbocycles. The first-order chi connectivity index (χ1) is 30.2. The summed E-state index contributed by atoms with van der Waals surface area (Å²) in [6.07, 6.45) is 14.6. The Morgan fingerprint density at radius 1 is 0.311 bits per heavy atom. The molecule has 0 radical (unpaired) electrons. The van der Waals surface area contributed by atoms with Gasteiger partial charge in [-0.15, -0.1) is 0 Å². The SMILES string of the molecule is c1cc(-c2c3ccccc3c(C3C4CC5CC(C4)CC3C5)c3ccccc23)c2c(c1)[se]c1c(-c3c4ccccc4c(C4C5CC6CC(C5)CC4C6)c4ccccc34)cccc12. The van der Waals surface area contributed by atoms with E-state index in [2.05, 4.69) is 133 Å². The van der Waals surface area contributed by atoms with Crippen LogP contribution in [0.25, 0.3) is 84.6 Å². The molecular formula is C60H52Se. The molecule has 9 aromatic rings. The minimum absolute atomic E-state index is 0.186. The van der Waals surface area contributed by atoms with Gasteiger partial charge in [-0.1, -0.05) is 0 Å². The minimum atomic E-state index is 0.186. The molecule has 8 bridgehead atoms. The quantitative estimate of drug-likeness (QED) is 0.122. The normalized spacial score (nSPS) is 30.0. The van der Waals surface area contributed by atoms with Gasteiger partial charge in [0.15, 0.2) is 0 Å². The van der Waals surface area contributed by atoms with Crippen molar-refractivity contribution in [1.29, 1.82) is 0 Å². The van der Waals surface area contributed by atoms with E-state index >= 15 is 0 Å². The van der Waals surface area contributed by atoms with Gasteiger partial charge in [0.1, 0.15) is 0 Å². The molecule has 8 aliphatic carbocycles. The van der Waals surface area contributed by atoms with Crippen LogP contribution < -0.4 is 0 Å². The Balaban J connectivity index is 0.968. The predicted molar refractivity (Wildman–Crippen MR) is 259 cm³/mol. The Hall–Kier alpha value is -4.68. The van der Waals surface area contributed by atoms with Crippen LogP contribution in [0.3, 0.4) is 0 Å². The van der Waals surface area contributed by atoms with E-state index < -0.39 is 0 Å². The zero-order valence-corrected chi connectivity index (χ0v) is 36.7. The van der Waals surface area contributed by atoms with Crippen LogP contribution in [-0.4, -0.2) is 14.5 Å². The first-order valence-corrected chi connectivity index (χ1v) is 25.7. The van der Waals surface area contributed by atoms with Crippen LogP contribution in [0.4, 0.5) is 0 Å². The third-order valence-electron chi connectivity index (χ3n) is 18.1. The number of fused-ring (bicyclic) bond motifs is 7. The predicted octanol–water partition coefficient (Wildman–Crippen LogP) is 16.1. The van der Waals surface area contributed by atoms with Crippen molar-refractivity contribution in [2.24, 2.45) is 47.3 Å². The molecule has 0 spiro atoms. The van der Waals surface area contributed by atoms with Gasteiger partial charge in [-0.05, 0) is 0 Å². The molecule has 298 valence electrons. The van der Waals surface area contributed by atoms with Crippen molar-refractivity contribution in [3.05, 3.63) is 145 Å². The molecule has 17 rings (SSSR count). The molecule has 0 amide bonds. The van der Waals surface area contributed by atoms with Crippen molar-refractivity contribution >= 4 is 76.9 Å². The van der Waals surface area contributed by atoms with Gasteiger partial charge in [-0.2, -0.15) is 0 Å². The molecule has 1 aromatic heterocycles. The van der Waals surface area contributed by atoms with E-state index in [1.165, 1.54) is 145 Å². The first kappa shape index (κ1) is 34.9. The van der Waals surface area contributed by atoms with Crippen LogP contribution in [0.2, 0.25) is 0 Å².